The minimum atomic E-state index is -0.922. The summed E-state index contributed by atoms with van der Waals surface area (Å²) in [6.45, 7) is 1.91. The molecule has 0 aliphatic heterocycles. The van der Waals surface area contributed by atoms with Crippen LogP contribution in [0.15, 0.2) is 54.6 Å². The number of methoxy groups -OCH3 is 1. The Kier molecular flexibility index (Phi) is 5.69. The number of halogens is 1. The third-order valence-electron chi connectivity index (χ3n) is 4.72. The second-order valence-corrected chi connectivity index (χ2v) is 6.40. The number of rotatable bonds is 5. The molecule has 140 valence electrons. The summed E-state index contributed by atoms with van der Waals surface area (Å²) in [5.74, 6) is -1.92. The average Bonchev–Trinajstić information content (AvgIpc) is 2.67. The molecule has 0 heterocycles. The van der Waals surface area contributed by atoms with Gasteiger partial charge in [0.25, 0.3) is 0 Å². The SMILES string of the molecule is CCOC(=O)C1C(=O)C=C(c2cccc(F)c2)CC1c1cccc(OC)c1. The lowest BCUT2D eigenvalue weighted by atomic mass is 9.73. The fourth-order valence-electron chi connectivity index (χ4n) is 3.46. The third-order valence-corrected chi connectivity index (χ3v) is 4.72. The van der Waals surface area contributed by atoms with Crippen LogP contribution in [0.5, 0.6) is 5.75 Å². The zero-order chi connectivity index (χ0) is 19.4. The molecule has 0 radical (unpaired) electrons. The van der Waals surface area contributed by atoms with Gasteiger partial charge in [-0.25, -0.2) is 4.39 Å². The first-order valence-corrected chi connectivity index (χ1v) is 8.84. The molecule has 2 atom stereocenters. The Hall–Kier alpha value is -2.95. The minimum Gasteiger partial charge on any atom is -0.497 e. The summed E-state index contributed by atoms with van der Waals surface area (Å²) in [7, 11) is 1.56. The maximum atomic E-state index is 13.6. The Morgan fingerprint density at radius 1 is 1.19 bits per heavy atom. The molecule has 0 amide bonds. The van der Waals surface area contributed by atoms with Gasteiger partial charge < -0.3 is 9.47 Å². The van der Waals surface area contributed by atoms with E-state index in [1.165, 1.54) is 18.2 Å². The van der Waals surface area contributed by atoms with E-state index in [1.54, 1.807) is 32.2 Å². The van der Waals surface area contributed by atoms with Gasteiger partial charge in [0.1, 0.15) is 17.5 Å². The predicted octanol–water partition coefficient (Wildman–Crippen LogP) is 4.15. The summed E-state index contributed by atoms with van der Waals surface area (Å²) in [6.07, 6.45) is 1.86. The van der Waals surface area contributed by atoms with Crippen molar-refractivity contribution in [3.63, 3.8) is 0 Å². The Bertz CT molecular complexity index is 887. The maximum Gasteiger partial charge on any atom is 0.317 e. The predicted molar refractivity (Wildman–Crippen MR) is 99.9 cm³/mol. The highest BCUT2D eigenvalue weighted by atomic mass is 19.1. The summed E-state index contributed by atoms with van der Waals surface area (Å²) in [4.78, 5) is 25.3. The van der Waals surface area contributed by atoms with Crippen LogP contribution >= 0.6 is 0 Å². The molecule has 5 heteroatoms. The van der Waals surface area contributed by atoms with Crippen LogP contribution < -0.4 is 4.74 Å². The van der Waals surface area contributed by atoms with Crippen molar-refractivity contribution in [3.8, 4) is 5.75 Å². The topological polar surface area (TPSA) is 52.6 Å². The highest BCUT2D eigenvalue weighted by Gasteiger charge is 2.39. The molecule has 0 bridgehead atoms. The summed E-state index contributed by atoms with van der Waals surface area (Å²) in [6, 6.07) is 13.4. The molecular weight excluding hydrogens is 347 g/mol. The lowest BCUT2D eigenvalue weighted by Crippen LogP contribution is -2.34. The van der Waals surface area contributed by atoms with Crippen LogP contribution in [0.4, 0.5) is 4.39 Å². The zero-order valence-electron chi connectivity index (χ0n) is 15.3. The molecule has 2 unspecified atom stereocenters. The maximum absolute atomic E-state index is 13.6. The van der Waals surface area contributed by atoms with E-state index < -0.39 is 17.8 Å². The van der Waals surface area contributed by atoms with Gasteiger partial charge in [0.05, 0.1) is 13.7 Å². The number of benzene rings is 2. The molecule has 0 N–H and O–H groups in total. The number of carbonyl (C=O) groups is 2. The van der Waals surface area contributed by atoms with E-state index in [9.17, 15) is 14.0 Å². The standard InChI is InChI=1S/C22H21FO4/c1-3-27-22(25)21-19(15-7-5-9-18(11-15)26-2)12-16(13-20(21)24)14-6-4-8-17(23)10-14/h4-11,13,19,21H,3,12H2,1-2H3. The van der Waals surface area contributed by atoms with Crippen molar-refractivity contribution in [3.05, 3.63) is 71.6 Å². The van der Waals surface area contributed by atoms with Crippen molar-refractivity contribution < 1.29 is 23.5 Å². The smallest absolute Gasteiger partial charge is 0.317 e. The first kappa shape index (κ1) is 18.8. The fraction of sp³-hybridized carbons (Fsp3) is 0.273. The van der Waals surface area contributed by atoms with E-state index in [4.69, 9.17) is 9.47 Å². The Morgan fingerprint density at radius 2 is 1.96 bits per heavy atom. The first-order chi connectivity index (χ1) is 13.0. The highest BCUT2D eigenvalue weighted by Crippen LogP contribution is 2.41. The third kappa shape index (κ3) is 4.08. The van der Waals surface area contributed by atoms with Crippen molar-refractivity contribution in [2.75, 3.05) is 13.7 Å². The van der Waals surface area contributed by atoms with Crippen molar-refractivity contribution in [1.82, 2.24) is 0 Å². The van der Waals surface area contributed by atoms with Gasteiger partial charge in [-0.15, -0.1) is 0 Å². The molecule has 1 aliphatic rings. The fourth-order valence-corrected chi connectivity index (χ4v) is 3.46. The number of ether oxygens (including phenoxy) is 2. The number of carbonyl (C=O) groups excluding carboxylic acids is 2. The number of ketones is 1. The van der Waals surface area contributed by atoms with E-state index in [1.807, 2.05) is 18.2 Å². The minimum absolute atomic E-state index is 0.202. The first-order valence-electron chi connectivity index (χ1n) is 8.84. The monoisotopic (exact) mass is 368 g/mol. The van der Waals surface area contributed by atoms with Crippen LogP contribution in [0.25, 0.3) is 5.57 Å². The number of esters is 1. The number of hydrogen-bond donors (Lipinski definition) is 0. The summed E-state index contributed by atoms with van der Waals surface area (Å²) >= 11 is 0. The van der Waals surface area contributed by atoms with E-state index >= 15 is 0 Å². The van der Waals surface area contributed by atoms with Crippen LogP contribution in [0, 0.1) is 11.7 Å². The van der Waals surface area contributed by atoms with E-state index in [0.717, 1.165) is 5.56 Å². The van der Waals surface area contributed by atoms with E-state index in [2.05, 4.69) is 0 Å². The normalized spacial score (nSPS) is 19.4. The van der Waals surface area contributed by atoms with Gasteiger partial charge in [-0.05, 0) is 60.4 Å². The van der Waals surface area contributed by atoms with Gasteiger partial charge in [-0.2, -0.15) is 0 Å². The largest absolute Gasteiger partial charge is 0.497 e. The van der Waals surface area contributed by atoms with Crippen LogP contribution in [-0.4, -0.2) is 25.5 Å². The quantitative estimate of drug-likeness (QED) is 0.588. The molecule has 0 fully saturated rings. The average molecular weight is 368 g/mol. The second kappa shape index (κ2) is 8.16. The van der Waals surface area contributed by atoms with E-state index in [-0.39, 0.29) is 18.2 Å². The molecule has 0 saturated carbocycles. The van der Waals surface area contributed by atoms with Crippen LogP contribution in [0.2, 0.25) is 0 Å². The molecule has 0 spiro atoms. The van der Waals surface area contributed by atoms with Crippen molar-refractivity contribution in [2.24, 2.45) is 5.92 Å². The zero-order valence-corrected chi connectivity index (χ0v) is 15.3. The number of hydrogen-bond acceptors (Lipinski definition) is 4. The molecule has 2 aromatic rings. The second-order valence-electron chi connectivity index (χ2n) is 6.40. The lowest BCUT2D eigenvalue weighted by Gasteiger charge is -2.29. The van der Waals surface area contributed by atoms with Crippen LogP contribution in [-0.2, 0) is 14.3 Å². The van der Waals surface area contributed by atoms with Gasteiger partial charge in [0.15, 0.2) is 5.78 Å². The molecule has 0 saturated heterocycles. The molecular formula is C22H21FO4. The van der Waals surface area contributed by atoms with Gasteiger partial charge in [-0.3, -0.25) is 9.59 Å². The molecule has 2 aromatic carbocycles. The van der Waals surface area contributed by atoms with Crippen LogP contribution in [0.3, 0.4) is 0 Å². The Balaban J connectivity index is 2.04. The lowest BCUT2D eigenvalue weighted by molar-refractivity contribution is -0.151. The van der Waals surface area contributed by atoms with Gasteiger partial charge >= 0.3 is 5.97 Å². The summed E-state index contributed by atoms with van der Waals surface area (Å²) in [5, 5.41) is 0. The molecule has 3 rings (SSSR count). The van der Waals surface area contributed by atoms with Gasteiger partial charge in [0, 0.05) is 5.92 Å². The number of allylic oxidation sites excluding steroid dienone is 2. The molecule has 4 nitrogen and oxygen atoms in total. The highest BCUT2D eigenvalue weighted by molar-refractivity contribution is 6.10. The Labute approximate surface area is 157 Å². The Morgan fingerprint density at radius 3 is 2.67 bits per heavy atom. The molecule has 27 heavy (non-hydrogen) atoms. The summed E-state index contributed by atoms with van der Waals surface area (Å²) < 4.78 is 24.1. The summed E-state index contributed by atoms with van der Waals surface area (Å²) in [5.41, 5.74) is 2.15. The van der Waals surface area contributed by atoms with Crippen molar-refractivity contribution in [1.29, 1.82) is 0 Å². The van der Waals surface area contributed by atoms with Crippen molar-refractivity contribution >= 4 is 17.3 Å². The van der Waals surface area contributed by atoms with Gasteiger partial charge in [-0.1, -0.05) is 24.3 Å². The molecule has 1 aliphatic carbocycles. The van der Waals surface area contributed by atoms with Crippen molar-refractivity contribution in [2.45, 2.75) is 19.3 Å². The van der Waals surface area contributed by atoms with Crippen LogP contribution in [0.1, 0.15) is 30.4 Å². The molecule has 0 aromatic heterocycles. The van der Waals surface area contributed by atoms with Gasteiger partial charge in [0.2, 0.25) is 0 Å². The van der Waals surface area contributed by atoms with E-state index in [0.29, 0.717) is 23.3 Å².